The number of aliphatic hydroxyl groups is 1. The Kier molecular flexibility index (Phi) is 25.3. The summed E-state index contributed by atoms with van der Waals surface area (Å²) in [6, 6.07) is 4.39. The van der Waals surface area contributed by atoms with E-state index < -0.39 is 157 Å². The number of carbonyl (C=O) groups excluding carboxylic acids is 7. The Bertz CT molecular complexity index is 2270. The maximum absolute atomic E-state index is 14.1. The van der Waals surface area contributed by atoms with Gasteiger partial charge < -0.3 is 68.5 Å². The van der Waals surface area contributed by atoms with E-state index in [1.54, 1.807) is 88.4 Å². The van der Waals surface area contributed by atoms with Crippen LogP contribution in [0.5, 0.6) is 0 Å². The molecule has 74 heavy (non-hydrogen) atoms. The molecule has 408 valence electrons. The van der Waals surface area contributed by atoms with E-state index in [-0.39, 0.29) is 31.6 Å². The number of carboxylic acid groups (broad SMARTS) is 4. The standard InChI is InChI=1S/C50H72N8O16/c1-26(2)22-33(54-46(70)39(27(3)4)57-42(66)30(51)18-20-36(59)60)44(68)53-32(23-28-14-10-8-11-15-28)40(65)47(71)55-34(25-38(63)64)45(69)58-41(50(5,6)7)48(72)52-31(19-21-37(61)62)43(67)56-35(49(73)74)24-29-16-12-9-13-17-29/h8-17,26-27,30-35,39-41,65H,18-25,51H2,1-7H3,(H,52,72)(H,53,68)(H,54,70)(H,55,71)(H,56,67)(H,57,66)(H,58,69)(H,59,60)(H,61,62)(H,63,64)(H,73,74)/t30-,31-,32-,33-,34-,35-,39-,40+,41+/m0/s1. The van der Waals surface area contributed by atoms with Gasteiger partial charge in [-0.2, -0.15) is 0 Å². The van der Waals surface area contributed by atoms with Crippen LogP contribution in [0.4, 0.5) is 0 Å². The van der Waals surface area contributed by atoms with E-state index in [1.165, 1.54) is 20.8 Å². The second-order valence-electron chi connectivity index (χ2n) is 19.8. The van der Waals surface area contributed by atoms with Gasteiger partial charge in [0.05, 0.1) is 18.5 Å². The first-order valence-electron chi connectivity index (χ1n) is 24.0. The van der Waals surface area contributed by atoms with Crippen molar-refractivity contribution in [2.75, 3.05) is 0 Å². The first kappa shape index (κ1) is 62.6. The SMILES string of the molecule is CC(C)C[C@H](NC(=O)[C@@H](NC(=O)[C@@H](N)CCC(=O)O)C(C)C)C(=O)N[C@@H](Cc1ccccc1)[C@@H](O)C(=O)N[C@@H](CC(=O)O)C(=O)N[C@H](C(=O)N[C@@H](CCC(=O)O)C(=O)N[C@@H](Cc1ccccc1)C(=O)O)C(C)(C)C. The van der Waals surface area contributed by atoms with Crippen LogP contribution in [0.1, 0.15) is 98.1 Å². The Morgan fingerprint density at radius 2 is 0.986 bits per heavy atom. The van der Waals surface area contributed by atoms with Crippen molar-refractivity contribution < 1.29 is 78.3 Å². The molecular formula is C50H72N8O16. The van der Waals surface area contributed by atoms with Gasteiger partial charge in [-0.3, -0.25) is 47.9 Å². The van der Waals surface area contributed by atoms with Gasteiger partial charge in [0.15, 0.2) is 6.10 Å². The molecule has 0 unspecified atom stereocenters. The van der Waals surface area contributed by atoms with Crippen LogP contribution in [-0.2, 0) is 65.6 Å². The lowest BCUT2D eigenvalue weighted by molar-refractivity contribution is -0.143. The summed E-state index contributed by atoms with van der Waals surface area (Å²) < 4.78 is 0. The molecule has 0 heterocycles. The highest BCUT2D eigenvalue weighted by Crippen LogP contribution is 2.21. The Balaban J connectivity index is 2.43. The van der Waals surface area contributed by atoms with Crippen molar-refractivity contribution >= 4 is 65.2 Å². The lowest BCUT2D eigenvalue weighted by Crippen LogP contribution is -2.62. The van der Waals surface area contributed by atoms with Crippen LogP contribution < -0.4 is 43.0 Å². The zero-order chi connectivity index (χ0) is 56.0. The highest BCUT2D eigenvalue weighted by molar-refractivity contribution is 5.98. The maximum atomic E-state index is 14.1. The van der Waals surface area contributed by atoms with Gasteiger partial charge in [-0.25, -0.2) is 4.79 Å². The number of carboxylic acids is 4. The molecule has 0 aliphatic heterocycles. The fraction of sp³-hybridized carbons (Fsp3) is 0.540. The average Bonchev–Trinajstić information content (AvgIpc) is 3.31. The van der Waals surface area contributed by atoms with Gasteiger partial charge in [0.1, 0.15) is 36.3 Å². The molecule has 0 aliphatic rings. The third-order valence-corrected chi connectivity index (χ3v) is 11.5. The zero-order valence-electron chi connectivity index (χ0n) is 42.6. The molecule has 0 spiro atoms. The van der Waals surface area contributed by atoms with E-state index in [4.69, 9.17) is 10.8 Å². The molecule has 0 radical (unpaired) electrons. The van der Waals surface area contributed by atoms with Crippen LogP contribution in [0, 0.1) is 17.3 Å². The molecule has 24 heteroatoms. The molecule has 2 aromatic carbocycles. The fourth-order valence-electron chi connectivity index (χ4n) is 7.42. The second kappa shape index (κ2) is 29.9. The maximum Gasteiger partial charge on any atom is 0.326 e. The van der Waals surface area contributed by atoms with Crippen molar-refractivity contribution in [3.8, 4) is 0 Å². The highest BCUT2D eigenvalue weighted by Gasteiger charge is 2.40. The lowest BCUT2D eigenvalue weighted by atomic mass is 9.85. The first-order valence-corrected chi connectivity index (χ1v) is 24.0. The van der Waals surface area contributed by atoms with Crippen LogP contribution in [0.25, 0.3) is 0 Å². The summed E-state index contributed by atoms with van der Waals surface area (Å²) in [6.07, 6.45) is -5.46. The molecule has 0 aliphatic carbocycles. The molecular weight excluding hydrogens is 969 g/mol. The zero-order valence-corrected chi connectivity index (χ0v) is 42.6. The minimum absolute atomic E-state index is 0.0142. The number of hydrogen-bond acceptors (Lipinski definition) is 13. The summed E-state index contributed by atoms with van der Waals surface area (Å²) in [5.74, 6) is -13.5. The van der Waals surface area contributed by atoms with Crippen molar-refractivity contribution in [3.63, 3.8) is 0 Å². The topological polar surface area (TPSA) is 399 Å². The van der Waals surface area contributed by atoms with E-state index >= 15 is 0 Å². The van der Waals surface area contributed by atoms with Gasteiger partial charge in [0.25, 0.3) is 5.91 Å². The van der Waals surface area contributed by atoms with Crippen LogP contribution in [0.15, 0.2) is 60.7 Å². The summed E-state index contributed by atoms with van der Waals surface area (Å²) in [6.45, 7) is 11.2. The molecule has 7 amide bonds. The number of hydrogen-bond donors (Lipinski definition) is 13. The molecule has 0 bridgehead atoms. The summed E-state index contributed by atoms with van der Waals surface area (Å²) in [5, 5.41) is 66.8. The predicted molar refractivity (Wildman–Crippen MR) is 265 cm³/mol. The Morgan fingerprint density at radius 1 is 0.514 bits per heavy atom. The molecule has 14 N–H and O–H groups in total. The molecule has 9 atom stereocenters. The van der Waals surface area contributed by atoms with E-state index in [0.29, 0.717) is 11.1 Å². The largest absolute Gasteiger partial charge is 0.481 e. The summed E-state index contributed by atoms with van der Waals surface area (Å²) in [5.41, 5.74) is 5.68. The van der Waals surface area contributed by atoms with Gasteiger partial charge in [-0.15, -0.1) is 0 Å². The van der Waals surface area contributed by atoms with Crippen molar-refractivity contribution in [2.24, 2.45) is 23.0 Å². The lowest BCUT2D eigenvalue weighted by Gasteiger charge is -2.33. The third kappa shape index (κ3) is 22.1. The average molecular weight is 1040 g/mol. The molecule has 0 saturated carbocycles. The van der Waals surface area contributed by atoms with Gasteiger partial charge in [-0.05, 0) is 54.1 Å². The van der Waals surface area contributed by atoms with Gasteiger partial charge in [-0.1, -0.05) is 109 Å². The number of rotatable bonds is 31. The van der Waals surface area contributed by atoms with Gasteiger partial charge >= 0.3 is 23.9 Å². The molecule has 2 aromatic rings. The number of amides is 7. The van der Waals surface area contributed by atoms with Crippen LogP contribution in [0.3, 0.4) is 0 Å². The fourth-order valence-corrected chi connectivity index (χ4v) is 7.42. The number of carbonyl (C=O) groups is 11. The van der Waals surface area contributed by atoms with Crippen LogP contribution >= 0.6 is 0 Å². The Hall–Kier alpha value is -7.47. The summed E-state index contributed by atoms with van der Waals surface area (Å²) in [4.78, 5) is 143. The number of aliphatic hydroxyl groups excluding tert-OH is 1. The van der Waals surface area contributed by atoms with Crippen molar-refractivity contribution in [1.29, 1.82) is 0 Å². The first-order chi connectivity index (χ1) is 34.5. The Morgan fingerprint density at radius 3 is 1.47 bits per heavy atom. The van der Waals surface area contributed by atoms with Crippen molar-refractivity contribution in [2.45, 2.75) is 154 Å². The Labute approximate surface area is 428 Å². The van der Waals surface area contributed by atoms with Gasteiger partial charge in [0.2, 0.25) is 35.4 Å². The molecule has 0 aromatic heterocycles. The van der Waals surface area contributed by atoms with E-state index in [9.17, 15) is 73.2 Å². The quantitative estimate of drug-likeness (QED) is 0.0456. The number of nitrogens with one attached hydrogen (secondary N) is 7. The number of aliphatic carboxylic acids is 4. The van der Waals surface area contributed by atoms with E-state index in [1.807, 2.05) is 0 Å². The predicted octanol–water partition coefficient (Wildman–Crippen LogP) is -0.409. The minimum atomic E-state index is -2.21. The molecule has 2 rings (SSSR count). The molecule has 0 fully saturated rings. The highest BCUT2D eigenvalue weighted by atomic mass is 16.4. The number of benzene rings is 2. The normalized spacial score (nSPS) is 15.0. The van der Waals surface area contributed by atoms with Crippen molar-refractivity contribution in [3.05, 3.63) is 71.8 Å². The molecule has 24 nitrogen and oxygen atoms in total. The monoisotopic (exact) mass is 1040 g/mol. The summed E-state index contributed by atoms with van der Waals surface area (Å²) >= 11 is 0. The second-order valence-corrected chi connectivity index (χ2v) is 19.8. The van der Waals surface area contributed by atoms with Crippen LogP contribution in [0.2, 0.25) is 0 Å². The van der Waals surface area contributed by atoms with Gasteiger partial charge in [0, 0.05) is 19.3 Å². The smallest absolute Gasteiger partial charge is 0.326 e. The minimum Gasteiger partial charge on any atom is -0.481 e. The van der Waals surface area contributed by atoms with E-state index in [2.05, 4.69) is 37.2 Å². The number of nitrogens with two attached hydrogens (primary N) is 1. The van der Waals surface area contributed by atoms with Crippen LogP contribution in [-0.4, -0.2) is 145 Å². The van der Waals surface area contributed by atoms with Crippen molar-refractivity contribution in [1.82, 2.24) is 37.2 Å². The third-order valence-electron chi connectivity index (χ3n) is 11.5. The molecule has 0 saturated heterocycles. The summed E-state index contributed by atoms with van der Waals surface area (Å²) in [7, 11) is 0. The van der Waals surface area contributed by atoms with E-state index in [0.717, 1.165) is 0 Å².